The molecule has 0 saturated carbocycles. The van der Waals surface area contributed by atoms with Gasteiger partial charge in [0, 0.05) is 44.2 Å². The van der Waals surface area contributed by atoms with Crippen molar-refractivity contribution >= 4 is 22.5 Å². The van der Waals surface area contributed by atoms with Crippen LogP contribution in [0.4, 0.5) is 5.69 Å². The molecular formula is C18H21N3O. The summed E-state index contributed by atoms with van der Waals surface area (Å²) in [5.74, 6) is 0.185. The molecule has 1 aromatic heterocycles. The SMILES string of the molecule is CC(=O)N1CCN(c2c3c(nc4ccccc24)CCC3)CC1. The molecule has 1 aliphatic heterocycles. The van der Waals surface area contributed by atoms with Crippen molar-refractivity contribution in [3.05, 3.63) is 35.5 Å². The Morgan fingerprint density at radius 2 is 1.86 bits per heavy atom. The van der Waals surface area contributed by atoms with E-state index in [1.54, 1.807) is 6.92 Å². The van der Waals surface area contributed by atoms with Crippen LogP contribution in [0.1, 0.15) is 24.6 Å². The zero-order valence-corrected chi connectivity index (χ0v) is 13.0. The van der Waals surface area contributed by atoms with E-state index in [0.717, 1.165) is 44.5 Å². The summed E-state index contributed by atoms with van der Waals surface area (Å²) < 4.78 is 0. The fraction of sp³-hybridized carbons (Fsp3) is 0.444. The highest BCUT2D eigenvalue weighted by molar-refractivity contribution is 5.94. The number of piperazine rings is 1. The van der Waals surface area contributed by atoms with Crippen LogP contribution in [-0.4, -0.2) is 42.0 Å². The fourth-order valence-electron chi connectivity index (χ4n) is 3.79. The Hall–Kier alpha value is -2.10. The second kappa shape index (κ2) is 5.27. The number of hydrogen-bond acceptors (Lipinski definition) is 3. The third kappa shape index (κ3) is 2.14. The molecule has 2 heterocycles. The number of nitrogens with zero attached hydrogens (tertiary/aromatic N) is 3. The average Bonchev–Trinajstić information content (AvgIpc) is 3.00. The van der Waals surface area contributed by atoms with Crippen LogP contribution in [-0.2, 0) is 17.6 Å². The molecule has 114 valence electrons. The van der Waals surface area contributed by atoms with E-state index in [9.17, 15) is 4.79 Å². The van der Waals surface area contributed by atoms with Gasteiger partial charge in [0.05, 0.1) is 11.2 Å². The van der Waals surface area contributed by atoms with Gasteiger partial charge in [0.25, 0.3) is 0 Å². The molecule has 1 amide bonds. The number of carbonyl (C=O) groups is 1. The quantitative estimate of drug-likeness (QED) is 0.810. The number of carbonyl (C=O) groups excluding carboxylic acids is 1. The number of aryl methyl sites for hydroxylation is 1. The molecule has 4 nitrogen and oxygen atoms in total. The van der Waals surface area contributed by atoms with Gasteiger partial charge in [-0.25, -0.2) is 0 Å². The van der Waals surface area contributed by atoms with Crippen LogP contribution < -0.4 is 4.90 Å². The van der Waals surface area contributed by atoms with Gasteiger partial charge in [-0.1, -0.05) is 18.2 Å². The number of anilines is 1. The van der Waals surface area contributed by atoms with Gasteiger partial charge in [0.1, 0.15) is 0 Å². The maximum Gasteiger partial charge on any atom is 0.219 e. The van der Waals surface area contributed by atoms with Crippen molar-refractivity contribution in [3.63, 3.8) is 0 Å². The molecule has 1 aliphatic carbocycles. The molecule has 0 N–H and O–H groups in total. The van der Waals surface area contributed by atoms with E-state index in [1.807, 2.05) is 4.90 Å². The Balaban J connectivity index is 1.77. The Kier molecular flexibility index (Phi) is 3.25. The van der Waals surface area contributed by atoms with Gasteiger partial charge in [-0.3, -0.25) is 9.78 Å². The maximum absolute atomic E-state index is 11.5. The molecule has 0 radical (unpaired) electrons. The summed E-state index contributed by atoms with van der Waals surface area (Å²) in [7, 11) is 0. The Labute approximate surface area is 130 Å². The van der Waals surface area contributed by atoms with Gasteiger partial charge in [0.2, 0.25) is 5.91 Å². The van der Waals surface area contributed by atoms with Crippen LogP contribution in [0, 0.1) is 0 Å². The van der Waals surface area contributed by atoms with E-state index >= 15 is 0 Å². The van der Waals surface area contributed by atoms with Crippen LogP contribution >= 0.6 is 0 Å². The summed E-state index contributed by atoms with van der Waals surface area (Å²) in [6.45, 7) is 5.14. The number of amides is 1. The van der Waals surface area contributed by atoms with Crippen LogP contribution in [0.5, 0.6) is 0 Å². The summed E-state index contributed by atoms with van der Waals surface area (Å²) in [6.07, 6.45) is 3.44. The molecular weight excluding hydrogens is 274 g/mol. The fourth-order valence-corrected chi connectivity index (χ4v) is 3.79. The lowest BCUT2D eigenvalue weighted by Gasteiger charge is -2.37. The summed E-state index contributed by atoms with van der Waals surface area (Å²) in [5, 5.41) is 1.26. The number of aromatic nitrogens is 1. The highest BCUT2D eigenvalue weighted by atomic mass is 16.2. The zero-order valence-electron chi connectivity index (χ0n) is 13.0. The second-order valence-electron chi connectivity index (χ2n) is 6.25. The molecule has 2 aliphatic rings. The van der Waals surface area contributed by atoms with Gasteiger partial charge in [0.15, 0.2) is 0 Å². The molecule has 1 saturated heterocycles. The van der Waals surface area contributed by atoms with Crippen molar-refractivity contribution in [2.75, 3.05) is 31.1 Å². The highest BCUT2D eigenvalue weighted by Gasteiger charge is 2.26. The second-order valence-corrected chi connectivity index (χ2v) is 6.25. The first kappa shape index (κ1) is 13.6. The summed E-state index contributed by atoms with van der Waals surface area (Å²) in [4.78, 5) is 20.8. The van der Waals surface area contributed by atoms with E-state index in [0.29, 0.717) is 0 Å². The first-order chi connectivity index (χ1) is 10.7. The maximum atomic E-state index is 11.5. The van der Waals surface area contributed by atoms with Crippen molar-refractivity contribution in [2.45, 2.75) is 26.2 Å². The van der Waals surface area contributed by atoms with E-state index in [1.165, 1.54) is 28.8 Å². The Morgan fingerprint density at radius 3 is 2.64 bits per heavy atom. The van der Waals surface area contributed by atoms with Crippen molar-refractivity contribution in [1.29, 1.82) is 0 Å². The third-order valence-corrected chi connectivity index (χ3v) is 4.93. The number of fused-ring (bicyclic) bond motifs is 2. The number of benzene rings is 1. The van der Waals surface area contributed by atoms with Crippen molar-refractivity contribution in [3.8, 4) is 0 Å². The van der Waals surface area contributed by atoms with E-state index in [4.69, 9.17) is 4.98 Å². The first-order valence-corrected chi connectivity index (χ1v) is 8.15. The van der Waals surface area contributed by atoms with Gasteiger partial charge in [-0.05, 0) is 30.9 Å². The molecule has 4 heteroatoms. The predicted molar refractivity (Wildman–Crippen MR) is 88.2 cm³/mol. The van der Waals surface area contributed by atoms with Crippen molar-refractivity contribution in [1.82, 2.24) is 9.88 Å². The Bertz CT molecular complexity index is 732. The molecule has 1 fully saturated rings. The van der Waals surface area contributed by atoms with Gasteiger partial charge in [-0.2, -0.15) is 0 Å². The van der Waals surface area contributed by atoms with Gasteiger partial charge >= 0.3 is 0 Å². The molecule has 2 aromatic rings. The van der Waals surface area contributed by atoms with Crippen molar-refractivity contribution < 1.29 is 4.79 Å². The summed E-state index contributed by atoms with van der Waals surface area (Å²) in [5.41, 5.74) is 5.20. The van der Waals surface area contributed by atoms with E-state index in [-0.39, 0.29) is 5.91 Å². The topological polar surface area (TPSA) is 36.4 Å². The molecule has 0 unspecified atom stereocenters. The number of para-hydroxylation sites is 1. The van der Waals surface area contributed by atoms with Gasteiger partial charge < -0.3 is 9.80 Å². The average molecular weight is 295 g/mol. The van der Waals surface area contributed by atoms with Crippen LogP contribution in [0.15, 0.2) is 24.3 Å². The normalized spacial score (nSPS) is 17.9. The predicted octanol–water partition coefficient (Wildman–Crippen LogP) is 2.39. The minimum absolute atomic E-state index is 0.185. The van der Waals surface area contributed by atoms with E-state index in [2.05, 4.69) is 29.2 Å². The smallest absolute Gasteiger partial charge is 0.219 e. The largest absolute Gasteiger partial charge is 0.367 e. The standard InChI is InChI=1S/C18H21N3O/c1-13(22)20-9-11-21(12-10-20)18-14-5-2-3-7-16(14)19-17-8-4-6-15(17)18/h2-3,5,7H,4,6,8-12H2,1H3. The molecule has 1 aromatic carbocycles. The lowest BCUT2D eigenvalue weighted by Crippen LogP contribution is -2.48. The van der Waals surface area contributed by atoms with E-state index < -0.39 is 0 Å². The third-order valence-electron chi connectivity index (χ3n) is 4.93. The lowest BCUT2D eigenvalue weighted by molar-refractivity contribution is -0.129. The summed E-state index contributed by atoms with van der Waals surface area (Å²) >= 11 is 0. The van der Waals surface area contributed by atoms with Gasteiger partial charge in [-0.15, -0.1) is 0 Å². The lowest BCUT2D eigenvalue weighted by atomic mass is 10.0. The van der Waals surface area contributed by atoms with Crippen LogP contribution in [0.3, 0.4) is 0 Å². The first-order valence-electron chi connectivity index (χ1n) is 8.15. The minimum atomic E-state index is 0.185. The number of rotatable bonds is 1. The Morgan fingerprint density at radius 1 is 1.09 bits per heavy atom. The molecule has 0 atom stereocenters. The monoisotopic (exact) mass is 295 g/mol. The highest BCUT2D eigenvalue weighted by Crippen LogP contribution is 2.36. The van der Waals surface area contributed by atoms with Crippen LogP contribution in [0.2, 0.25) is 0 Å². The van der Waals surface area contributed by atoms with Crippen molar-refractivity contribution in [2.24, 2.45) is 0 Å². The zero-order chi connectivity index (χ0) is 15.1. The molecule has 22 heavy (non-hydrogen) atoms. The number of hydrogen-bond donors (Lipinski definition) is 0. The number of pyridine rings is 1. The minimum Gasteiger partial charge on any atom is -0.367 e. The molecule has 4 rings (SSSR count). The molecule has 0 spiro atoms. The van der Waals surface area contributed by atoms with Crippen LogP contribution in [0.25, 0.3) is 10.9 Å². The molecule has 0 bridgehead atoms. The summed E-state index contributed by atoms with van der Waals surface area (Å²) in [6, 6.07) is 8.46.